The van der Waals surface area contributed by atoms with E-state index in [0.29, 0.717) is 13.2 Å². The minimum absolute atomic E-state index is 0.321. The fraction of sp³-hybridized carbons (Fsp3) is 0.286. The second-order valence-corrected chi connectivity index (χ2v) is 4.02. The maximum Gasteiger partial charge on any atom is 0.411 e. The Morgan fingerprint density at radius 1 is 1.37 bits per heavy atom. The van der Waals surface area contributed by atoms with Gasteiger partial charge in [-0.15, -0.1) is 0 Å². The minimum atomic E-state index is -0.440. The van der Waals surface area contributed by atoms with E-state index in [2.05, 4.69) is 10.3 Å². The van der Waals surface area contributed by atoms with Crippen molar-refractivity contribution in [2.75, 3.05) is 11.9 Å². The summed E-state index contributed by atoms with van der Waals surface area (Å²) in [6.07, 6.45) is 4.06. The summed E-state index contributed by atoms with van der Waals surface area (Å²) in [5, 5.41) is 2.66. The summed E-state index contributed by atoms with van der Waals surface area (Å²) in [5.74, 6) is 0.993. The number of para-hydroxylation sites is 1. The van der Waals surface area contributed by atoms with Crippen LogP contribution in [0.5, 0.6) is 0 Å². The molecule has 0 aliphatic rings. The summed E-state index contributed by atoms with van der Waals surface area (Å²) in [7, 11) is 0. The number of hydrogen-bond donors (Lipinski definition) is 1. The quantitative estimate of drug-likeness (QED) is 0.898. The van der Waals surface area contributed by atoms with Gasteiger partial charge in [-0.2, -0.15) is 0 Å². The summed E-state index contributed by atoms with van der Waals surface area (Å²) in [5.41, 5.74) is 0.726. The van der Waals surface area contributed by atoms with Crippen molar-refractivity contribution < 1.29 is 9.53 Å². The number of amides is 1. The number of imidazole rings is 1. The Hall–Kier alpha value is -2.30. The van der Waals surface area contributed by atoms with Crippen LogP contribution in [0.1, 0.15) is 12.7 Å². The molecule has 5 nitrogen and oxygen atoms in total. The molecule has 1 aromatic heterocycles. The van der Waals surface area contributed by atoms with Crippen LogP contribution < -0.4 is 5.32 Å². The SMILES string of the molecule is CCc1nccn1CCOC(=O)Nc1ccccc1. The molecule has 2 aromatic rings. The zero-order chi connectivity index (χ0) is 13.5. The standard InChI is InChI=1S/C14H17N3O2/c1-2-13-15-8-9-17(13)10-11-19-14(18)16-12-6-4-3-5-7-12/h3-9H,2,10-11H2,1H3,(H,16,18). The Balaban J connectivity index is 1.75. The predicted octanol–water partition coefficient (Wildman–Crippen LogP) is 2.69. The van der Waals surface area contributed by atoms with Gasteiger partial charge in [-0.1, -0.05) is 25.1 Å². The van der Waals surface area contributed by atoms with Crippen LogP contribution in [0.3, 0.4) is 0 Å². The van der Waals surface area contributed by atoms with E-state index < -0.39 is 6.09 Å². The van der Waals surface area contributed by atoms with E-state index in [0.717, 1.165) is 17.9 Å². The molecule has 0 saturated heterocycles. The predicted molar refractivity (Wildman–Crippen MR) is 73.0 cm³/mol. The highest BCUT2D eigenvalue weighted by Gasteiger charge is 2.04. The third kappa shape index (κ3) is 3.84. The van der Waals surface area contributed by atoms with E-state index in [1.807, 2.05) is 48.0 Å². The minimum Gasteiger partial charge on any atom is -0.447 e. The first-order valence-electron chi connectivity index (χ1n) is 6.28. The van der Waals surface area contributed by atoms with E-state index in [1.54, 1.807) is 6.20 Å². The summed E-state index contributed by atoms with van der Waals surface area (Å²) in [6, 6.07) is 9.23. The molecule has 0 unspecified atom stereocenters. The number of benzene rings is 1. The number of hydrogen-bond acceptors (Lipinski definition) is 3. The smallest absolute Gasteiger partial charge is 0.411 e. The number of nitrogens with one attached hydrogen (secondary N) is 1. The Morgan fingerprint density at radius 3 is 2.89 bits per heavy atom. The molecule has 0 bridgehead atoms. The van der Waals surface area contributed by atoms with Crippen molar-refractivity contribution in [2.45, 2.75) is 19.9 Å². The maximum atomic E-state index is 11.5. The van der Waals surface area contributed by atoms with Gasteiger partial charge in [0.25, 0.3) is 0 Å². The summed E-state index contributed by atoms with van der Waals surface area (Å²) in [4.78, 5) is 15.7. The van der Waals surface area contributed by atoms with Crippen LogP contribution in [0, 0.1) is 0 Å². The van der Waals surface area contributed by atoms with Gasteiger partial charge in [-0.05, 0) is 12.1 Å². The van der Waals surface area contributed by atoms with Gasteiger partial charge in [-0.3, -0.25) is 5.32 Å². The molecule has 5 heteroatoms. The lowest BCUT2D eigenvalue weighted by atomic mass is 10.3. The van der Waals surface area contributed by atoms with E-state index in [4.69, 9.17) is 4.74 Å². The van der Waals surface area contributed by atoms with Crippen molar-refractivity contribution in [3.63, 3.8) is 0 Å². The largest absolute Gasteiger partial charge is 0.447 e. The average molecular weight is 259 g/mol. The maximum absolute atomic E-state index is 11.5. The fourth-order valence-corrected chi connectivity index (χ4v) is 1.77. The molecule has 1 amide bonds. The van der Waals surface area contributed by atoms with Gasteiger partial charge in [0.05, 0.1) is 6.54 Å². The molecule has 1 N–H and O–H groups in total. The first-order chi connectivity index (χ1) is 9.29. The van der Waals surface area contributed by atoms with Crippen LogP contribution in [-0.2, 0) is 17.7 Å². The van der Waals surface area contributed by atoms with Crippen molar-refractivity contribution >= 4 is 11.8 Å². The highest BCUT2D eigenvalue weighted by Crippen LogP contribution is 2.05. The molecule has 0 aliphatic carbocycles. The summed E-state index contributed by atoms with van der Waals surface area (Å²) >= 11 is 0. The Morgan fingerprint density at radius 2 is 2.16 bits per heavy atom. The molecule has 19 heavy (non-hydrogen) atoms. The molecule has 0 aliphatic heterocycles. The summed E-state index contributed by atoms with van der Waals surface area (Å²) < 4.78 is 7.10. The molecule has 0 spiro atoms. The van der Waals surface area contributed by atoms with Crippen LogP contribution >= 0.6 is 0 Å². The van der Waals surface area contributed by atoms with Crippen LogP contribution in [0.25, 0.3) is 0 Å². The van der Waals surface area contributed by atoms with Gasteiger partial charge >= 0.3 is 6.09 Å². The number of aryl methyl sites for hydroxylation is 1. The second kappa shape index (κ2) is 6.58. The number of aromatic nitrogens is 2. The zero-order valence-corrected chi connectivity index (χ0v) is 10.9. The number of ether oxygens (including phenoxy) is 1. The molecule has 0 radical (unpaired) electrons. The van der Waals surface area contributed by atoms with Gasteiger partial charge in [0.1, 0.15) is 12.4 Å². The lowest BCUT2D eigenvalue weighted by molar-refractivity contribution is 0.156. The number of carbonyl (C=O) groups excluding carboxylic acids is 1. The zero-order valence-electron chi connectivity index (χ0n) is 10.9. The van der Waals surface area contributed by atoms with E-state index >= 15 is 0 Å². The van der Waals surface area contributed by atoms with Gasteiger partial charge in [0.15, 0.2) is 0 Å². The number of rotatable bonds is 5. The Bertz CT molecular complexity index is 522. The van der Waals surface area contributed by atoms with Crippen molar-refractivity contribution in [3.05, 3.63) is 48.5 Å². The number of anilines is 1. The molecule has 100 valence electrons. The Kier molecular flexibility index (Phi) is 4.55. The van der Waals surface area contributed by atoms with E-state index in [9.17, 15) is 4.79 Å². The van der Waals surface area contributed by atoms with Crippen LogP contribution in [0.15, 0.2) is 42.7 Å². The normalized spacial score (nSPS) is 10.2. The highest BCUT2D eigenvalue weighted by atomic mass is 16.5. The molecule has 0 atom stereocenters. The first kappa shape index (κ1) is 13.1. The summed E-state index contributed by atoms with van der Waals surface area (Å²) in [6.45, 7) is 2.98. The third-order valence-corrected chi connectivity index (χ3v) is 2.70. The lowest BCUT2D eigenvalue weighted by Gasteiger charge is -2.08. The van der Waals surface area contributed by atoms with Gasteiger partial charge in [0.2, 0.25) is 0 Å². The monoisotopic (exact) mass is 259 g/mol. The Labute approximate surface area is 112 Å². The molecular formula is C14H17N3O2. The fourth-order valence-electron chi connectivity index (χ4n) is 1.77. The number of carbonyl (C=O) groups is 1. The number of nitrogens with zero attached hydrogens (tertiary/aromatic N) is 2. The van der Waals surface area contributed by atoms with E-state index in [-0.39, 0.29) is 0 Å². The molecular weight excluding hydrogens is 242 g/mol. The first-order valence-corrected chi connectivity index (χ1v) is 6.28. The topological polar surface area (TPSA) is 56.2 Å². The molecule has 2 rings (SSSR count). The highest BCUT2D eigenvalue weighted by molar-refractivity contribution is 5.84. The van der Waals surface area contributed by atoms with Gasteiger partial charge in [0, 0.05) is 24.5 Å². The lowest BCUT2D eigenvalue weighted by Crippen LogP contribution is -2.17. The molecule has 0 fully saturated rings. The van der Waals surface area contributed by atoms with Crippen LogP contribution in [0.2, 0.25) is 0 Å². The van der Waals surface area contributed by atoms with Gasteiger partial charge < -0.3 is 9.30 Å². The van der Waals surface area contributed by atoms with Crippen LogP contribution in [-0.4, -0.2) is 22.3 Å². The third-order valence-electron chi connectivity index (χ3n) is 2.70. The molecule has 1 aromatic carbocycles. The van der Waals surface area contributed by atoms with E-state index in [1.165, 1.54) is 0 Å². The molecule has 0 saturated carbocycles. The van der Waals surface area contributed by atoms with Crippen LogP contribution in [0.4, 0.5) is 10.5 Å². The van der Waals surface area contributed by atoms with Crippen molar-refractivity contribution in [2.24, 2.45) is 0 Å². The average Bonchev–Trinajstić information content (AvgIpc) is 2.87. The van der Waals surface area contributed by atoms with Gasteiger partial charge in [-0.25, -0.2) is 9.78 Å². The van der Waals surface area contributed by atoms with Crippen molar-refractivity contribution in [1.29, 1.82) is 0 Å². The molecule has 1 heterocycles. The second-order valence-electron chi connectivity index (χ2n) is 4.02. The van der Waals surface area contributed by atoms with Crippen molar-refractivity contribution in [1.82, 2.24) is 9.55 Å². The van der Waals surface area contributed by atoms with Crippen molar-refractivity contribution in [3.8, 4) is 0 Å².